The lowest BCUT2D eigenvalue weighted by atomic mass is 9.99. The molecule has 0 saturated carbocycles. The normalized spacial score (nSPS) is 27.2. The molecule has 0 aliphatic carbocycles. The lowest BCUT2D eigenvalue weighted by molar-refractivity contribution is -0.277. The van der Waals surface area contributed by atoms with Gasteiger partial charge in [-0.1, -0.05) is 0 Å². The van der Waals surface area contributed by atoms with Crippen molar-refractivity contribution in [2.24, 2.45) is 0 Å². The van der Waals surface area contributed by atoms with Gasteiger partial charge in [0.2, 0.25) is 6.29 Å². The van der Waals surface area contributed by atoms with E-state index in [-0.39, 0.29) is 17.2 Å². The average Bonchev–Trinajstić information content (AvgIpc) is 3.11. The van der Waals surface area contributed by atoms with Gasteiger partial charge >= 0.3 is 0 Å². The highest BCUT2D eigenvalue weighted by molar-refractivity contribution is 5.84. The van der Waals surface area contributed by atoms with Crippen LogP contribution < -0.4 is 4.74 Å². The molecule has 9 nitrogen and oxygen atoms in total. The Bertz CT molecular complexity index is 1010. The van der Waals surface area contributed by atoms with E-state index in [1.807, 2.05) is 0 Å². The Morgan fingerprint density at radius 1 is 0.862 bits per heavy atom. The molecule has 0 amide bonds. The molecule has 0 unspecified atom stereocenters. The van der Waals surface area contributed by atoms with Crippen LogP contribution in [0.3, 0.4) is 0 Å². The summed E-state index contributed by atoms with van der Waals surface area (Å²) < 4.78 is 16.6. The van der Waals surface area contributed by atoms with Crippen LogP contribution in [0.5, 0.6) is 17.2 Å². The smallest absolute Gasteiger partial charge is 0.229 e. The van der Waals surface area contributed by atoms with Crippen LogP contribution in [0.15, 0.2) is 46.9 Å². The van der Waals surface area contributed by atoms with Gasteiger partial charge in [-0.3, -0.25) is 0 Å². The molecule has 1 aliphatic heterocycles. The van der Waals surface area contributed by atoms with Gasteiger partial charge in [0.25, 0.3) is 0 Å². The number of aromatic hydroxyl groups is 2. The van der Waals surface area contributed by atoms with Crippen molar-refractivity contribution >= 4 is 11.0 Å². The molecule has 4 rings (SSSR count). The zero-order valence-corrected chi connectivity index (χ0v) is 15.0. The highest BCUT2D eigenvalue weighted by atomic mass is 16.7. The lowest BCUT2D eigenvalue weighted by Crippen LogP contribution is -2.60. The van der Waals surface area contributed by atoms with E-state index in [2.05, 4.69) is 0 Å². The molecule has 0 spiro atoms. The molecule has 5 atom stereocenters. The van der Waals surface area contributed by atoms with Crippen LogP contribution in [0.25, 0.3) is 22.3 Å². The van der Waals surface area contributed by atoms with E-state index in [1.165, 1.54) is 30.3 Å². The Labute approximate surface area is 164 Å². The lowest BCUT2D eigenvalue weighted by Gasteiger charge is -2.39. The molecule has 0 radical (unpaired) electrons. The topological polar surface area (TPSA) is 153 Å². The summed E-state index contributed by atoms with van der Waals surface area (Å²) in [6.07, 6.45) is -7.15. The fraction of sp³-hybridized carbons (Fsp3) is 0.300. The van der Waals surface area contributed by atoms with Crippen LogP contribution in [-0.2, 0) is 4.74 Å². The van der Waals surface area contributed by atoms with Gasteiger partial charge in [0, 0.05) is 23.1 Å². The second-order valence-corrected chi connectivity index (χ2v) is 6.86. The number of furan rings is 1. The maximum atomic E-state index is 10.1. The number of phenols is 2. The number of hydrogen-bond acceptors (Lipinski definition) is 9. The Balaban J connectivity index is 1.62. The van der Waals surface area contributed by atoms with Gasteiger partial charge in [0.05, 0.1) is 6.61 Å². The number of rotatable bonds is 4. The largest absolute Gasteiger partial charge is 0.508 e. The van der Waals surface area contributed by atoms with Gasteiger partial charge in [-0.05, 0) is 30.3 Å². The van der Waals surface area contributed by atoms with Crippen LogP contribution in [0.1, 0.15) is 0 Å². The molecule has 2 heterocycles. The molecule has 1 fully saturated rings. The summed E-state index contributed by atoms with van der Waals surface area (Å²) in [5.41, 5.74) is 0.917. The van der Waals surface area contributed by atoms with Crippen LogP contribution >= 0.6 is 0 Å². The van der Waals surface area contributed by atoms with Crippen molar-refractivity contribution in [3.8, 4) is 28.6 Å². The number of fused-ring (bicyclic) bond motifs is 1. The first kappa shape index (κ1) is 19.5. The zero-order chi connectivity index (χ0) is 20.7. The van der Waals surface area contributed by atoms with Crippen molar-refractivity contribution in [2.45, 2.75) is 30.7 Å². The third kappa shape index (κ3) is 3.74. The van der Waals surface area contributed by atoms with Crippen LogP contribution in [0, 0.1) is 0 Å². The molecular weight excluding hydrogens is 384 g/mol. The predicted molar refractivity (Wildman–Crippen MR) is 99.4 cm³/mol. The van der Waals surface area contributed by atoms with Crippen molar-refractivity contribution in [3.05, 3.63) is 42.5 Å². The number of hydrogen-bond donors (Lipinski definition) is 6. The Morgan fingerprint density at radius 3 is 2.41 bits per heavy atom. The average molecular weight is 404 g/mol. The van der Waals surface area contributed by atoms with Crippen molar-refractivity contribution in [3.63, 3.8) is 0 Å². The number of aliphatic hydroxyl groups excluding tert-OH is 4. The van der Waals surface area contributed by atoms with Gasteiger partial charge < -0.3 is 44.5 Å². The Hall–Kier alpha value is -2.82. The molecule has 154 valence electrons. The molecule has 6 N–H and O–H groups in total. The summed E-state index contributed by atoms with van der Waals surface area (Å²) >= 11 is 0. The maximum absolute atomic E-state index is 10.1. The first-order chi connectivity index (χ1) is 13.9. The van der Waals surface area contributed by atoms with Gasteiger partial charge in [-0.25, -0.2) is 0 Å². The second kappa shape index (κ2) is 7.54. The third-order valence-corrected chi connectivity index (χ3v) is 4.78. The highest BCUT2D eigenvalue weighted by Gasteiger charge is 2.44. The minimum absolute atomic E-state index is 0.0564. The Kier molecular flexibility index (Phi) is 5.07. The third-order valence-electron chi connectivity index (χ3n) is 4.78. The molecule has 1 aliphatic rings. The van der Waals surface area contributed by atoms with Crippen LogP contribution in [0.4, 0.5) is 0 Å². The summed E-state index contributed by atoms with van der Waals surface area (Å²) in [4.78, 5) is 0. The fourth-order valence-electron chi connectivity index (χ4n) is 3.25. The summed E-state index contributed by atoms with van der Waals surface area (Å²) in [7, 11) is 0. The van der Waals surface area contributed by atoms with Gasteiger partial charge in [-0.15, -0.1) is 0 Å². The van der Waals surface area contributed by atoms with E-state index >= 15 is 0 Å². The van der Waals surface area contributed by atoms with E-state index in [0.717, 1.165) is 5.39 Å². The number of benzene rings is 2. The maximum Gasteiger partial charge on any atom is 0.229 e. The molecule has 2 aromatic carbocycles. The monoisotopic (exact) mass is 404 g/mol. The predicted octanol–water partition coefficient (Wildman–Crippen LogP) is 0.690. The zero-order valence-electron chi connectivity index (χ0n) is 15.0. The number of phenolic OH excluding ortho intramolecular Hbond substituents is 2. The minimum Gasteiger partial charge on any atom is -0.508 e. The highest BCUT2D eigenvalue weighted by Crippen LogP contribution is 2.35. The SMILES string of the molecule is OC[C@H]1O[C@H](Oc2cc(O)cc(-c3cc4ccc(O)cc4o3)c2)[C@H](O)[C@H](O)[C@H]1O. The van der Waals surface area contributed by atoms with Crippen molar-refractivity contribution in [2.75, 3.05) is 6.61 Å². The number of ether oxygens (including phenoxy) is 2. The molecule has 1 aromatic heterocycles. The first-order valence-corrected chi connectivity index (χ1v) is 8.90. The van der Waals surface area contributed by atoms with E-state index in [1.54, 1.807) is 12.1 Å². The molecule has 1 saturated heterocycles. The van der Waals surface area contributed by atoms with Crippen molar-refractivity contribution < 1.29 is 44.5 Å². The molecule has 9 heteroatoms. The fourth-order valence-corrected chi connectivity index (χ4v) is 3.25. The molecular formula is C20H20O9. The molecule has 0 bridgehead atoms. The van der Waals surface area contributed by atoms with E-state index in [4.69, 9.17) is 13.9 Å². The van der Waals surface area contributed by atoms with Crippen molar-refractivity contribution in [1.82, 2.24) is 0 Å². The standard InChI is InChI=1S/C20H20O9/c21-8-16-17(24)18(25)19(26)20(29-16)27-13-4-10(3-12(23)6-13)14-5-9-1-2-11(22)7-15(9)28-14/h1-7,16-26H,8H2/t16-,17+,18-,19-,20+/m1/s1. The summed E-state index contributed by atoms with van der Waals surface area (Å²) in [6.45, 7) is -0.581. The minimum atomic E-state index is -1.58. The van der Waals surface area contributed by atoms with Gasteiger partial charge in [0.15, 0.2) is 0 Å². The Morgan fingerprint density at radius 2 is 1.66 bits per heavy atom. The van der Waals surface area contributed by atoms with Crippen LogP contribution in [0.2, 0.25) is 0 Å². The summed E-state index contributed by atoms with van der Waals surface area (Å²) in [5, 5.41) is 59.5. The van der Waals surface area contributed by atoms with Gasteiger partial charge in [-0.2, -0.15) is 0 Å². The number of aliphatic hydroxyl groups is 4. The van der Waals surface area contributed by atoms with Crippen molar-refractivity contribution in [1.29, 1.82) is 0 Å². The summed E-state index contributed by atoms with van der Waals surface area (Å²) in [5.74, 6) is 0.416. The molecule has 29 heavy (non-hydrogen) atoms. The molecule has 3 aromatic rings. The quantitative estimate of drug-likeness (QED) is 0.369. The summed E-state index contributed by atoms with van der Waals surface area (Å²) in [6, 6.07) is 10.6. The van der Waals surface area contributed by atoms with E-state index in [9.17, 15) is 30.6 Å². The van der Waals surface area contributed by atoms with E-state index < -0.39 is 37.3 Å². The second-order valence-electron chi connectivity index (χ2n) is 6.86. The van der Waals surface area contributed by atoms with E-state index in [0.29, 0.717) is 16.9 Å². The first-order valence-electron chi connectivity index (χ1n) is 8.90. The van der Waals surface area contributed by atoms with Gasteiger partial charge in [0.1, 0.15) is 53.0 Å². The van der Waals surface area contributed by atoms with Crippen LogP contribution in [-0.4, -0.2) is 68.0 Å².